The van der Waals surface area contributed by atoms with Crippen molar-refractivity contribution in [1.29, 1.82) is 0 Å². The van der Waals surface area contributed by atoms with Gasteiger partial charge in [0.15, 0.2) is 0 Å². The van der Waals surface area contributed by atoms with Gasteiger partial charge in [0.2, 0.25) is 0 Å². The molecule has 0 aromatic heterocycles. The average molecular weight is 442 g/mol. The summed E-state index contributed by atoms with van der Waals surface area (Å²) in [5, 5.41) is 5.68. The van der Waals surface area contributed by atoms with Crippen molar-refractivity contribution in [1.82, 2.24) is 0 Å². The molecule has 0 amide bonds. The summed E-state index contributed by atoms with van der Waals surface area (Å²) in [4.78, 5) is 0. The van der Waals surface area contributed by atoms with Gasteiger partial charge in [-0.25, -0.2) is 18.1 Å². The second kappa shape index (κ2) is 11.6. The first kappa shape index (κ1) is 22.1. The van der Waals surface area contributed by atoms with Crippen LogP contribution in [-0.2, 0) is 20.2 Å². The van der Waals surface area contributed by atoms with Crippen molar-refractivity contribution in [2.75, 3.05) is 0 Å². The topological polar surface area (TPSA) is 0 Å². The van der Waals surface area contributed by atoms with Gasteiger partial charge in [0.1, 0.15) is 0 Å². The molecule has 3 aromatic rings. The average Bonchev–Trinajstić information content (AvgIpc) is 3.35. The first-order valence-corrected chi connectivity index (χ1v) is 12.0. The second-order valence-corrected chi connectivity index (χ2v) is 8.71. The molecule has 0 spiro atoms. The Hall–Kier alpha value is -1.60. The fourth-order valence-electron chi connectivity index (χ4n) is 3.86. The molecule has 0 saturated heterocycles. The van der Waals surface area contributed by atoms with Crippen LogP contribution in [0.5, 0.6) is 0 Å². The molecule has 29 heavy (non-hydrogen) atoms. The van der Waals surface area contributed by atoms with Crippen molar-refractivity contribution >= 4 is 30.0 Å². The number of aryl methyl sites for hydroxylation is 1. The molecule has 2 aliphatic carbocycles. The Balaban J connectivity index is 0.000000167. The van der Waals surface area contributed by atoms with Gasteiger partial charge in [-0.3, -0.25) is 0 Å². The first-order valence-electron chi connectivity index (χ1n) is 9.86. The number of rotatable bonds is 2. The summed E-state index contributed by atoms with van der Waals surface area (Å²) in [5.74, 6) is 0.884. The van der Waals surface area contributed by atoms with Crippen LogP contribution in [-0.4, -0.2) is 0 Å². The van der Waals surface area contributed by atoms with E-state index in [9.17, 15) is 6.18 Å². The van der Waals surface area contributed by atoms with E-state index in [1.807, 2.05) is 0 Å². The van der Waals surface area contributed by atoms with Crippen LogP contribution in [0.3, 0.4) is 0 Å². The molecule has 4 heteroatoms. The van der Waals surface area contributed by atoms with Gasteiger partial charge in [-0.2, -0.15) is 0 Å². The van der Waals surface area contributed by atoms with Gasteiger partial charge in [0.05, 0.1) is 0 Å². The Morgan fingerprint density at radius 3 is 2.52 bits per heavy atom. The summed E-state index contributed by atoms with van der Waals surface area (Å²) in [7, 11) is 0.754. The number of fused-ring (bicyclic) bond motifs is 2. The number of allylic oxidation sites excluding steroid dienone is 4. The van der Waals surface area contributed by atoms with Crippen molar-refractivity contribution in [3.8, 4) is 0 Å². The molecule has 0 radical (unpaired) electrons. The van der Waals surface area contributed by atoms with Gasteiger partial charge >= 0.3 is 26.4 Å². The van der Waals surface area contributed by atoms with Crippen LogP contribution in [0.4, 0.5) is 6.18 Å². The van der Waals surface area contributed by atoms with Gasteiger partial charge < -0.3 is 0 Å². The monoisotopic (exact) mass is 442 g/mol. The van der Waals surface area contributed by atoms with Crippen LogP contribution in [0.1, 0.15) is 24.8 Å². The fraction of sp³-hybridized carbons (Fsp3) is 0.200. The van der Waals surface area contributed by atoms with Crippen molar-refractivity contribution in [2.45, 2.75) is 26.2 Å². The van der Waals surface area contributed by atoms with Gasteiger partial charge in [0, 0.05) is 0 Å². The third-order valence-corrected chi connectivity index (χ3v) is 6.79. The van der Waals surface area contributed by atoms with E-state index in [0.717, 1.165) is 14.5 Å². The maximum absolute atomic E-state index is 9.75. The van der Waals surface area contributed by atoms with E-state index < -0.39 is 20.2 Å². The van der Waals surface area contributed by atoms with E-state index in [0.29, 0.717) is 0 Å². The molecule has 2 unspecified atom stereocenters. The van der Waals surface area contributed by atoms with Crippen molar-refractivity contribution in [3.63, 3.8) is 0 Å². The molecule has 0 bridgehead atoms. The van der Waals surface area contributed by atoms with E-state index in [-0.39, 0.29) is 0 Å². The van der Waals surface area contributed by atoms with Crippen molar-refractivity contribution in [3.05, 3.63) is 96.4 Å². The van der Waals surface area contributed by atoms with Crippen molar-refractivity contribution < 1.29 is 26.4 Å². The molecule has 150 valence electrons. The number of benzene rings is 2. The number of hydrogen-bond acceptors (Lipinski definition) is 0. The Labute approximate surface area is 184 Å². The van der Waals surface area contributed by atoms with Crippen molar-refractivity contribution in [2.24, 2.45) is 5.92 Å². The van der Waals surface area contributed by atoms with E-state index in [1.165, 1.54) is 46.2 Å². The first-order chi connectivity index (χ1) is 14.2. The van der Waals surface area contributed by atoms with Gasteiger partial charge in [0.25, 0.3) is 0 Å². The zero-order valence-corrected chi connectivity index (χ0v) is 19.1. The second-order valence-electron chi connectivity index (χ2n) is 7.16. The summed E-state index contributed by atoms with van der Waals surface area (Å²) in [5.41, 5.74) is 2.99. The molecular weight excluding hydrogens is 417 g/mol. The summed E-state index contributed by atoms with van der Waals surface area (Å²) in [6.07, 6.45) is 13.0. The number of halogens is 2. The minimum atomic E-state index is -2.50. The molecule has 2 aliphatic rings. The number of hydrogen-bond donors (Lipinski definition) is 0. The maximum atomic E-state index is 9.75. The molecule has 1 saturated carbocycles. The zero-order chi connectivity index (χ0) is 20.5. The van der Waals surface area contributed by atoms with E-state index in [1.54, 1.807) is 5.57 Å². The van der Waals surface area contributed by atoms with Crippen LogP contribution in [0.15, 0.2) is 84.5 Å². The molecule has 0 heterocycles. The van der Waals surface area contributed by atoms with E-state index >= 15 is 0 Å². The molecule has 0 nitrogen and oxygen atoms in total. The Bertz CT molecular complexity index is 959. The van der Waals surface area contributed by atoms with E-state index in [2.05, 4.69) is 92.2 Å². The molecule has 0 aliphatic heterocycles. The summed E-state index contributed by atoms with van der Waals surface area (Å²) >= 11 is -2.50. The fourth-order valence-corrected chi connectivity index (χ4v) is 5.14. The minimum absolute atomic E-state index is 0.754. The summed E-state index contributed by atoms with van der Waals surface area (Å²) in [6, 6.07) is 21.7. The van der Waals surface area contributed by atoms with Gasteiger partial charge in [-0.1, -0.05) is 49.7 Å². The van der Waals surface area contributed by atoms with Gasteiger partial charge in [-0.15, -0.1) is 73.1 Å². The van der Waals surface area contributed by atoms with Crippen LogP contribution in [0.25, 0.3) is 10.8 Å². The van der Waals surface area contributed by atoms with Crippen LogP contribution < -0.4 is 10.6 Å². The Morgan fingerprint density at radius 1 is 1.03 bits per heavy atom. The molecule has 2 atom stereocenters. The molecule has 5 rings (SSSR count). The van der Waals surface area contributed by atoms with Crippen LogP contribution >= 0.6 is 8.58 Å². The summed E-state index contributed by atoms with van der Waals surface area (Å²) < 4.78 is 19.5. The third-order valence-electron chi connectivity index (χ3n) is 5.25. The normalized spacial score (nSPS) is 16.9. The SMILES string of the molecule is C1=CCC2CC[CH-]C2=C1.Cc1[cH-]c2ccccc2c1Pc1ccccc1.[F][Ti][F]. The predicted molar refractivity (Wildman–Crippen MR) is 119 cm³/mol. The molecule has 0 N–H and O–H groups in total. The van der Waals surface area contributed by atoms with Gasteiger partial charge in [-0.05, 0) is 17.6 Å². The zero-order valence-electron chi connectivity index (χ0n) is 16.5. The molecule has 3 aromatic carbocycles. The molecule has 1 fully saturated rings. The third kappa shape index (κ3) is 6.19. The van der Waals surface area contributed by atoms with Crippen LogP contribution in [0, 0.1) is 19.3 Å². The van der Waals surface area contributed by atoms with Crippen LogP contribution in [0.2, 0.25) is 0 Å². The standard InChI is InChI=1S/C16H14P.C9H11.2FH.Ti/c1-12-11-13-7-5-6-10-15(13)16(12)17-14-8-3-2-4-9-14;1-2-5-9-7-3-6-8(9)4-1;;;/h2-11,17H,1H3;1-2,4,6,9H,3,5,7H2;2*1H;/q2*-1;;;+2/p-2. The molecular formula is C25H25F2PTi-2. The Morgan fingerprint density at radius 2 is 1.76 bits per heavy atom. The van der Waals surface area contributed by atoms with E-state index in [4.69, 9.17) is 0 Å². The predicted octanol–water partition coefficient (Wildman–Crippen LogP) is 6.82. The Kier molecular flexibility index (Phi) is 8.80. The quantitative estimate of drug-likeness (QED) is 0.232. The summed E-state index contributed by atoms with van der Waals surface area (Å²) in [6.45, 7) is 2.21.